The summed E-state index contributed by atoms with van der Waals surface area (Å²) in [6.45, 7) is 3.99. The first kappa shape index (κ1) is 24.3. The molecule has 1 aromatic heterocycles. The highest BCUT2D eigenvalue weighted by Crippen LogP contribution is 2.27. The number of anilines is 1. The van der Waals surface area contributed by atoms with Gasteiger partial charge in [0.1, 0.15) is 11.0 Å². The summed E-state index contributed by atoms with van der Waals surface area (Å²) in [5.41, 5.74) is 3.96. The average Bonchev–Trinajstić information content (AvgIpc) is 3.34. The number of aromatic nitrogens is 2. The standard InChI is InChI=1S/C28H28N4O2S/c1-3-23(21-14-8-5-9-15-21)25(33)29-24(18-20-12-6-4-7-13-20)26(34)30-28-32-31-27(35-28)22-16-10-11-19(2)17-22/h4-17,23-24H,3,18H2,1-2H3,(H,29,33)(H,30,32,34). The van der Waals surface area contributed by atoms with Gasteiger partial charge >= 0.3 is 0 Å². The van der Waals surface area contributed by atoms with E-state index in [4.69, 9.17) is 0 Å². The van der Waals surface area contributed by atoms with Crippen molar-refractivity contribution in [2.24, 2.45) is 0 Å². The minimum absolute atomic E-state index is 0.174. The highest BCUT2D eigenvalue weighted by Gasteiger charge is 2.27. The fraction of sp³-hybridized carbons (Fsp3) is 0.214. The van der Waals surface area contributed by atoms with Crippen molar-refractivity contribution in [2.75, 3.05) is 5.32 Å². The summed E-state index contributed by atoms with van der Waals surface area (Å²) < 4.78 is 0. The molecule has 0 saturated heterocycles. The van der Waals surface area contributed by atoms with Crippen LogP contribution in [0, 0.1) is 6.92 Å². The zero-order chi connectivity index (χ0) is 24.6. The predicted molar refractivity (Wildman–Crippen MR) is 140 cm³/mol. The molecule has 0 aliphatic rings. The Balaban J connectivity index is 1.52. The van der Waals surface area contributed by atoms with E-state index in [0.717, 1.165) is 27.3 Å². The van der Waals surface area contributed by atoms with Crippen LogP contribution in [-0.2, 0) is 16.0 Å². The van der Waals surface area contributed by atoms with Crippen molar-refractivity contribution in [3.8, 4) is 10.6 Å². The Morgan fingerprint density at radius 3 is 2.29 bits per heavy atom. The maximum Gasteiger partial charge on any atom is 0.249 e. The third kappa shape index (κ3) is 6.39. The average molecular weight is 485 g/mol. The van der Waals surface area contributed by atoms with Gasteiger partial charge in [0.25, 0.3) is 0 Å². The van der Waals surface area contributed by atoms with Crippen LogP contribution in [0.4, 0.5) is 5.13 Å². The van der Waals surface area contributed by atoms with E-state index >= 15 is 0 Å². The summed E-state index contributed by atoms with van der Waals surface area (Å²) in [6, 6.07) is 26.5. The van der Waals surface area contributed by atoms with E-state index in [1.807, 2.05) is 98.8 Å². The molecule has 0 aliphatic carbocycles. The molecular formula is C28H28N4O2S. The number of carbonyl (C=O) groups excluding carboxylic acids is 2. The minimum Gasteiger partial charge on any atom is -0.343 e. The zero-order valence-electron chi connectivity index (χ0n) is 19.8. The molecule has 6 nitrogen and oxygen atoms in total. The third-order valence-corrected chi connectivity index (χ3v) is 6.65. The molecule has 0 fully saturated rings. The van der Waals surface area contributed by atoms with Crippen LogP contribution in [0.5, 0.6) is 0 Å². The van der Waals surface area contributed by atoms with Crippen LogP contribution in [0.1, 0.15) is 36.0 Å². The van der Waals surface area contributed by atoms with Gasteiger partial charge in [0.05, 0.1) is 5.92 Å². The molecule has 4 aromatic rings. The highest BCUT2D eigenvalue weighted by atomic mass is 32.1. The second-order valence-electron chi connectivity index (χ2n) is 8.39. The highest BCUT2D eigenvalue weighted by molar-refractivity contribution is 7.18. The predicted octanol–water partition coefficient (Wildman–Crippen LogP) is 5.37. The topological polar surface area (TPSA) is 84.0 Å². The summed E-state index contributed by atoms with van der Waals surface area (Å²) in [4.78, 5) is 26.5. The van der Waals surface area contributed by atoms with Crippen LogP contribution in [-0.4, -0.2) is 28.1 Å². The van der Waals surface area contributed by atoms with Gasteiger partial charge in [-0.3, -0.25) is 14.9 Å². The third-order valence-electron chi connectivity index (χ3n) is 5.76. The Morgan fingerprint density at radius 2 is 1.60 bits per heavy atom. The molecule has 178 valence electrons. The Morgan fingerprint density at radius 1 is 0.886 bits per heavy atom. The molecule has 2 N–H and O–H groups in total. The molecule has 4 rings (SSSR count). The SMILES string of the molecule is CCC(C(=O)NC(Cc1ccccc1)C(=O)Nc1nnc(-c2cccc(C)c2)s1)c1ccccc1. The van der Waals surface area contributed by atoms with Crippen molar-refractivity contribution in [3.05, 3.63) is 102 Å². The van der Waals surface area contributed by atoms with Crippen molar-refractivity contribution in [1.29, 1.82) is 0 Å². The van der Waals surface area contributed by atoms with Crippen molar-refractivity contribution in [1.82, 2.24) is 15.5 Å². The second-order valence-corrected chi connectivity index (χ2v) is 9.37. The van der Waals surface area contributed by atoms with Crippen molar-refractivity contribution in [3.63, 3.8) is 0 Å². The number of nitrogens with zero attached hydrogens (tertiary/aromatic N) is 2. The Labute approximate surface area is 209 Å². The fourth-order valence-electron chi connectivity index (χ4n) is 3.95. The van der Waals surface area contributed by atoms with E-state index in [9.17, 15) is 9.59 Å². The van der Waals surface area contributed by atoms with Gasteiger partial charge in [0.2, 0.25) is 16.9 Å². The quantitative estimate of drug-likeness (QED) is 0.334. The molecule has 1 heterocycles. The Kier molecular flexibility index (Phi) is 8.00. The first-order chi connectivity index (χ1) is 17.0. The summed E-state index contributed by atoms with van der Waals surface area (Å²) in [7, 11) is 0. The number of aryl methyl sites for hydroxylation is 1. The largest absolute Gasteiger partial charge is 0.343 e. The normalized spacial score (nSPS) is 12.5. The molecule has 35 heavy (non-hydrogen) atoms. The smallest absolute Gasteiger partial charge is 0.249 e. The maximum atomic E-state index is 13.3. The van der Waals surface area contributed by atoms with E-state index in [-0.39, 0.29) is 17.7 Å². The number of nitrogens with one attached hydrogen (secondary N) is 2. The first-order valence-electron chi connectivity index (χ1n) is 11.6. The van der Waals surface area contributed by atoms with Crippen LogP contribution < -0.4 is 10.6 Å². The molecule has 7 heteroatoms. The Bertz CT molecular complexity index is 1270. The van der Waals surface area contributed by atoms with Crippen LogP contribution in [0.3, 0.4) is 0 Å². The zero-order valence-corrected chi connectivity index (χ0v) is 20.6. The lowest BCUT2D eigenvalue weighted by Crippen LogP contribution is -2.46. The van der Waals surface area contributed by atoms with Crippen molar-refractivity contribution >= 4 is 28.3 Å². The van der Waals surface area contributed by atoms with Gasteiger partial charge in [-0.2, -0.15) is 0 Å². The van der Waals surface area contributed by atoms with Crippen molar-refractivity contribution < 1.29 is 9.59 Å². The van der Waals surface area contributed by atoms with E-state index in [0.29, 0.717) is 18.0 Å². The number of hydrogen-bond acceptors (Lipinski definition) is 5. The summed E-state index contributed by atoms with van der Waals surface area (Å²) in [6.07, 6.45) is 0.999. The molecule has 0 aliphatic heterocycles. The van der Waals surface area contributed by atoms with E-state index in [2.05, 4.69) is 20.8 Å². The van der Waals surface area contributed by atoms with Gasteiger partial charge in [-0.05, 0) is 30.5 Å². The van der Waals surface area contributed by atoms with Gasteiger partial charge in [-0.25, -0.2) is 0 Å². The molecular weight excluding hydrogens is 456 g/mol. The van der Waals surface area contributed by atoms with Gasteiger partial charge in [-0.15, -0.1) is 10.2 Å². The number of benzene rings is 3. The number of amides is 2. The summed E-state index contributed by atoms with van der Waals surface area (Å²) in [5, 5.41) is 15.4. The molecule has 0 saturated carbocycles. The lowest BCUT2D eigenvalue weighted by atomic mass is 9.94. The monoisotopic (exact) mass is 484 g/mol. The van der Waals surface area contributed by atoms with E-state index < -0.39 is 6.04 Å². The van der Waals surface area contributed by atoms with E-state index in [1.54, 1.807) is 0 Å². The lowest BCUT2D eigenvalue weighted by Gasteiger charge is -2.22. The van der Waals surface area contributed by atoms with Crippen LogP contribution >= 0.6 is 11.3 Å². The Hall–Kier alpha value is -3.84. The second kappa shape index (κ2) is 11.5. The first-order valence-corrected chi connectivity index (χ1v) is 12.5. The number of rotatable bonds is 9. The van der Waals surface area contributed by atoms with Gasteiger partial charge < -0.3 is 5.32 Å². The lowest BCUT2D eigenvalue weighted by molar-refractivity contribution is -0.127. The molecule has 2 atom stereocenters. The number of carbonyl (C=O) groups is 2. The molecule has 2 unspecified atom stereocenters. The minimum atomic E-state index is -0.756. The fourth-order valence-corrected chi connectivity index (χ4v) is 4.69. The van der Waals surface area contributed by atoms with E-state index in [1.165, 1.54) is 11.3 Å². The molecule has 3 aromatic carbocycles. The van der Waals surface area contributed by atoms with Gasteiger partial charge in [0, 0.05) is 12.0 Å². The van der Waals surface area contributed by atoms with Crippen LogP contribution in [0.15, 0.2) is 84.9 Å². The molecule has 0 spiro atoms. The van der Waals surface area contributed by atoms with Crippen LogP contribution in [0.25, 0.3) is 10.6 Å². The summed E-state index contributed by atoms with van der Waals surface area (Å²) >= 11 is 1.31. The van der Waals surface area contributed by atoms with Gasteiger partial charge in [-0.1, -0.05) is 103 Å². The summed E-state index contributed by atoms with van der Waals surface area (Å²) in [5.74, 6) is -0.832. The van der Waals surface area contributed by atoms with Crippen LogP contribution in [0.2, 0.25) is 0 Å². The maximum absolute atomic E-state index is 13.3. The van der Waals surface area contributed by atoms with Gasteiger partial charge in [0.15, 0.2) is 0 Å². The molecule has 2 amide bonds. The van der Waals surface area contributed by atoms with Crippen molar-refractivity contribution in [2.45, 2.75) is 38.6 Å². The molecule has 0 radical (unpaired) electrons. The number of hydrogen-bond donors (Lipinski definition) is 2. The molecule has 0 bridgehead atoms.